The van der Waals surface area contributed by atoms with Crippen LogP contribution in [-0.2, 0) is 6.54 Å². The van der Waals surface area contributed by atoms with Crippen molar-refractivity contribution in [3.05, 3.63) is 38.9 Å². The van der Waals surface area contributed by atoms with Gasteiger partial charge in [0, 0.05) is 10.9 Å². The highest BCUT2D eigenvalue weighted by Gasteiger charge is 2.00. The summed E-state index contributed by atoms with van der Waals surface area (Å²) < 4.78 is 1.10. The zero-order chi connectivity index (χ0) is 11.4. The second-order valence-electron chi connectivity index (χ2n) is 2.96. The fourth-order valence-electron chi connectivity index (χ4n) is 1.14. The molecule has 2 aromatic rings. The van der Waals surface area contributed by atoms with Gasteiger partial charge in [-0.3, -0.25) is 0 Å². The summed E-state index contributed by atoms with van der Waals surface area (Å²) in [4.78, 5) is 9.03. The van der Waals surface area contributed by atoms with E-state index < -0.39 is 0 Å². The number of hydrogen-bond acceptors (Lipinski definition) is 5. The Bertz CT molecular complexity index is 532. The molecule has 0 radical (unpaired) electrons. The van der Waals surface area contributed by atoms with Crippen LogP contribution in [0.25, 0.3) is 0 Å². The summed E-state index contributed by atoms with van der Waals surface area (Å²) >= 11 is 5.07. The van der Waals surface area contributed by atoms with Gasteiger partial charge in [-0.05, 0) is 28.1 Å². The summed E-state index contributed by atoms with van der Waals surface area (Å²) in [7, 11) is 0. The Labute approximate surface area is 105 Å². The van der Waals surface area contributed by atoms with Gasteiger partial charge in [-0.15, -0.1) is 11.3 Å². The van der Waals surface area contributed by atoms with Crippen LogP contribution < -0.4 is 5.32 Å². The third-order valence-electron chi connectivity index (χ3n) is 1.85. The molecule has 0 aliphatic carbocycles. The van der Waals surface area contributed by atoms with Gasteiger partial charge in [-0.2, -0.15) is 5.26 Å². The standard InChI is InChI=1S/C10H7BrN4S/c11-9-2-1-8(16-9)5-13-10-3-7(4-12)14-6-15-10/h1-3,6H,5H2,(H,13,14,15). The Morgan fingerprint density at radius 2 is 2.31 bits per heavy atom. The fraction of sp³-hybridized carbons (Fsp3) is 0.100. The normalized spacial score (nSPS) is 9.75. The van der Waals surface area contributed by atoms with Gasteiger partial charge in [0.1, 0.15) is 23.9 Å². The van der Waals surface area contributed by atoms with Crippen LogP contribution in [0.2, 0.25) is 0 Å². The first-order valence-electron chi connectivity index (χ1n) is 4.48. The number of hydrogen-bond donors (Lipinski definition) is 1. The number of nitrogens with one attached hydrogen (secondary N) is 1. The van der Waals surface area contributed by atoms with Crippen molar-refractivity contribution in [3.63, 3.8) is 0 Å². The zero-order valence-electron chi connectivity index (χ0n) is 8.14. The number of anilines is 1. The van der Waals surface area contributed by atoms with Crippen LogP contribution in [-0.4, -0.2) is 9.97 Å². The molecular formula is C10H7BrN4S. The van der Waals surface area contributed by atoms with Crippen molar-refractivity contribution in [3.8, 4) is 6.07 Å². The Hall–Kier alpha value is -1.45. The first-order valence-corrected chi connectivity index (χ1v) is 6.09. The third kappa shape index (κ3) is 2.78. The highest BCUT2D eigenvalue weighted by Crippen LogP contribution is 2.22. The fourth-order valence-corrected chi connectivity index (χ4v) is 2.56. The van der Waals surface area contributed by atoms with E-state index in [1.165, 1.54) is 11.2 Å². The molecule has 0 amide bonds. The van der Waals surface area contributed by atoms with E-state index >= 15 is 0 Å². The summed E-state index contributed by atoms with van der Waals surface area (Å²) in [5.41, 5.74) is 0.366. The van der Waals surface area contributed by atoms with Crippen molar-refractivity contribution >= 4 is 33.1 Å². The average Bonchev–Trinajstić information content (AvgIpc) is 2.73. The van der Waals surface area contributed by atoms with Crippen molar-refractivity contribution in [1.82, 2.24) is 9.97 Å². The van der Waals surface area contributed by atoms with Gasteiger partial charge >= 0.3 is 0 Å². The summed E-state index contributed by atoms with van der Waals surface area (Å²) in [6.45, 7) is 0.693. The number of aromatic nitrogens is 2. The molecule has 0 fully saturated rings. The molecule has 0 atom stereocenters. The maximum Gasteiger partial charge on any atom is 0.145 e. The molecule has 0 saturated heterocycles. The van der Waals surface area contributed by atoms with Crippen molar-refractivity contribution in [1.29, 1.82) is 5.26 Å². The first-order chi connectivity index (χ1) is 7.78. The predicted molar refractivity (Wildman–Crippen MR) is 66.1 cm³/mol. The van der Waals surface area contributed by atoms with Gasteiger partial charge in [0.2, 0.25) is 0 Å². The molecule has 0 unspecified atom stereocenters. The lowest BCUT2D eigenvalue weighted by atomic mass is 10.4. The molecule has 4 nitrogen and oxygen atoms in total. The molecule has 16 heavy (non-hydrogen) atoms. The molecule has 1 N–H and O–H groups in total. The molecule has 0 bridgehead atoms. The molecule has 2 heterocycles. The molecule has 0 spiro atoms. The zero-order valence-corrected chi connectivity index (χ0v) is 10.5. The van der Waals surface area contributed by atoms with Crippen LogP contribution in [0, 0.1) is 11.3 Å². The van der Waals surface area contributed by atoms with E-state index in [9.17, 15) is 0 Å². The maximum atomic E-state index is 8.68. The van der Waals surface area contributed by atoms with Crippen LogP contribution in [0.1, 0.15) is 10.6 Å². The van der Waals surface area contributed by atoms with Crippen molar-refractivity contribution < 1.29 is 0 Å². The smallest absolute Gasteiger partial charge is 0.145 e. The lowest BCUT2D eigenvalue weighted by Gasteiger charge is -2.02. The third-order valence-corrected chi connectivity index (χ3v) is 3.48. The highest BCUT2D eigenvalue weighted by atomic mass is 79.9. The van der Waals surface area contributed by atoms with Gasteiger partial charge in [-0.25, -0.2) is 9.97 Å². The number of nitriles is 1. The summed E-state index contributed by atoms with van der Waals surface area (Å²) in [5.74, 6) is 0.663. The SMILES string of the molecule is N#Cc1cc(NCc2ccc(Br)s2)ncn1. The minimum atomic E-state index is 0.366. The van der Waals surface area contributed by atoms with Crippen LogP contribution in [0.5, 0.6) is 0 Å². The highest BCUT2D eigenvalue weighted by molar-refractivity contribution is 9.11. The molecule has 2 rings (SSSR count). The molecular weight excluding hydrogens is 288 g/mol. The molecule has 6 heteroatoms. The van der Waals surface area contributed by atoms with E-state index in [1.54, 1.807) is 17.4 Å². The average molecular weight is 295 g/mol. The minimum Gasteiger partial charge on any atom is -0.365 e. The second-order valence-corrected chi connectivity index (χ2v) is 5.51. The molecule has 2 aromatic heterocycles. The van der Waals surface area contributed by atoms with Gasteiger partial charge in [0.25, 0.3) is 0 Å². The van der Waals surface area contributed by atoms with Gasteiger partial charge in [-0.1, -0.05) is 0 Å². The second kappa shape index (κ2) is 5.05. The maximum absolute atomic E-state index is 8.68. The van der Waals surface area contributed by atoms with E-state index in [4.69, 9.17) is 5.26 Å². The summed E-state index contributed by atoms with van der Waals surface area (Å²) in [6, 6.07) is 7.64. The first kappa shape index (κ1) is 11.0. The van der Waals surface area contributed by atoms with E-state index in [0.29, 0.717) is 18.1 Å². The molecule has 0 aromatic carbocycles. The van der Waals surface area contributed by atoms with Crippen LogP contribution in [0.3, 0.4) is 0 Å². The van der Waals surface area contributed by atoms with E-state index in [0.717, 1.165) is 3.79 Å². The van der Waals surface area contributed by atoms with Gasteiger partial charge in [0.15, 0.2) is 0 Å². The lowest BCUT2D eigenvalue weighted by molar-refractivity contribution is 1.09. The van der Waals surface area contributed by atoms with Crippen LogP contribution in [0.15, 0.2) is 28.3 Å². The molecule has 80 valence electrons. The quantitative estimate of drug-likeness (QED) is 0.945. The van der Waals surface area contributed by atoms with Crippen LogP contribution >= 0.6 is 27.3 Å². The monoisotopic (exact) mass is 294 g/mol. The Morgan fingerprint density at radius 1 is 1.44 bits per heavy atom. The predicted octanol–water partition coefficient (Wildman–Crippen LogP) is 2.78. The van der Waals surface area contributed by atoms with Crippen molar-refractivity contribution in [2.45, 2.75) is 6.54 Å². The van der Waals surface area contributed by atoms with E-state index in [1.807, 2.05) is 18.2 Å². The Balaban J connectivity index is 2.02. The van der Waals surface area contributed by atoms with E-state index in [2.05, 4.69) is 31.2 Å². The number of thiophene rings is 1. The number of rotatable bonds is 3. The Morgan fingerprint density at radius 3 is 3.00 bits per heavy atom. The number of halogens is 1. The van der Waals surface area contributed by atoms with Crippen molar-refractivity contribution in [2.24, 2.45) is 0 Å². The molecule has 0 aliphatic heterocycles. The van der Waals surface area contributed by atoms with Gasteiger partial charge in [0.05, 0.1) is 10.3 Å². The van der Waals surface area contributed by atoms with Crippen molar-refractivity contribution in [2.75, 3.05) is 5.32 Å². The summed E-state index contributed by atoms with van der Waals surface area (Å²) in [6.07, 6.45) is 1.38. The van der Waals surface area contributed by atoms with Crippen LogP contribution in [0.4, 0.5) is 5.82 Å². The van der Waals surface area contributed by atoms with E-state index in [-0.39, 0.29) is 0 Å². The molecule has 0 aliphatic rings. The lowest BCUT2D eigenvalue weighted by Crippen LogP contribution is -2.00. The largest absolute Gasteiger partial charge is 0.365 e. The Kier molecular flexibility index (Phi) is 3.49. The minimum absolute atomic E-state index is 0.366. The topological polar surface area (TPSA) is 61.6 Å². The molecule has 0 saturated carbocycles. The van der Waals surface area contributed by atoms with Gasteiger partial charge < -0.3 is 5.32 Å². The number of nitrogens with zero attached hydrogens (tertiary/aromatic N) is 3. The summed E-state index contributed by atoms with van der Waals surface area (Å²) in [5, 5.41) is 11.8.